The second-order valence-electron chi connectivity index (χ2n) is 5.03. The largest absolute Gasteiger partial charge is 1.00 e. The van der Waals surface area contributed by atoms with Crippen molar-refractivity contribution in [2.24, 2.45) is 0 Å². The number of hydrogen-bond acceptors (Lipinski definition) is 2. The molecule has 2 nitrogen and oxygen atoms in total. The Balaban J connectivity index is 0.00000121. The van der Waals surface area contributed by atoms with E-state index in [9.17, 15) is 9.90 Å². The summed E-state index contributed by atoms with van der Waals surface area (Å²) in [5, 5.41) is 16.1. The van der Waals surface area contributed by atoms with Gasteiger partial charge in [-0.3, -0.25) is 4.79 Å². The molecule has 0 heterocycles. The standard InChI is InChI=1S/C17H12O2.Na/c18-15-8-7-12-13-6-5-10-3-1-2-4-11(10)17(13)16(19)9-14(12)15;/h1-6,9,19H,7-8H2;/q;+1/p-1. The van der Waals surface area contributed by atoms with E-state index in [-0.39, 0.29) is 41.1 Å². The molecular weight excluding hydrogens is 259 g/mol. The molecule has 1 aliphatic rings. The Morgan fingerprint density at radius 3 is 2.60 bits per heavy atom. The maximum Gasteiger partial charge on any atom is 1.00 e. The molecule has 4 rings (SSSR count). The van der Waals surface area contributed by atoms with Crippen molar-refractivity contribution in [1.29, 1.82) is 0 Å². The van der Waals surface area contributed by atoms with E-state index in [0.717, 1.165) is 33.5 Å². The molecule has 0 amide bonds. The molecule has 0 spiro atoms. The molecule has 0 atom stereocenters. The SMILES string of the molecule is O=C1CCc2c1cc([O-])c1c2ccc2ccccc21.[Na+]. The van der Waals surface area contributed by atoms with Crippen LogP contribution in [0.5, 0.6) is 5.75 Å². The van der Waals surface area contributed by atoms with Gasteiger partial charge in [0.25, 0.3) is 0 Å². The summed E-state index contributed by atoms with van der Waals surface area (Å²) in [5.74, 6) is 0.0583. The molecule has 0 saturated carbocycles. The first-order chi connectivity index (χ1) is 9.25. The van der Waals surface area contributed by atoms with Crippen molar-refractivity contribution in [3.8, 4) is 5.75 Å². The second kappa shape index (κ2) is 4.88. The molecule has 0 bridgehead atoms. The van der Waals surface area contributed by atoms with Crippen molar-refractivity contribution >= 4 is 27.3 Å². The number of hydrogen-bond donors (Lipinski definition) is 0. The van der Waals surface area contributed by atoms with Crippen molar-refractivity contribution in [2.75, 3.05) is 0 Å². The third-order valence-corrected chi connectivity index (χ3v) is 4.00. The molecule has 3 heteroatoms. The van der Waals surface area contributed by atoms with Gasteiger partial charge >= 0.3 is 29.6 Å². The molecule has 0 N–H and O–H groups in total. The van der Waals surface area contributed by atoms with Crippen LogP contribution in [0.1, 0.15) is 22.3 Å². The summed E-state index contributed by atoms with van der Waals surface area (Å²) in [6.07, 6.45) is 1.28. The number of aryl methyl sites for hydroxylation is 1. The van der Waals surface area contributed by atoms with Crippen molar-refractivity contribution in [3.63, 3.8) is 0 Å². The zero-order chi connectivity index (χ0) is 13.0. The number of fused-ring (bicyclic) bond motifs is 5. The van der Waals surface area contributed by atoms with Gasteiger partial charge in [0.1, 0.15) is 0 Å². The van der Waals surface area contributed by atoms with Crippen LogP contribution in [0.4, 0.5) is 0 Å². The normalized spacial score (nSPS) is 13.5. The van der Waals surface area contributed by atoms with Gasteiger partial charge in [0, 0.05) is 12.0 Å². The molecule has 0 unspecified atom stereocenters. The monoisotopic (exact) mass is 270 g/mol. The Bertz CT molecular complexity index is 852. The van der Waals surface area contributed by atoms with E-state index in [4.69, 9.17) is 0 Å². The van der Waals surface area contributed by atoms with E-state index in [0.29, 0.717) is 12.0 Å². The van der Waals surface area contributed by atoms with E-state index in [1.165, 1.54) is 6.07 Å². The van der Waals surface area contributed by atoms with Crippen molar-refractivity contribution in [3.05, 3.63) is 53.6 Å². The molecule has 0 saturated heterocycles. The number of ketones is 1. The molecule has 0 fully saturated rings. The minimum Gasteiger partial charge on any atom is -0.872 e. The first-order valence-electron chi connectivity index (χ1n) is 6.43. The Kier molecular flexibility index (Phi) is 3.33. The quantitative estimate of drug-likeness (QED) is 0.432. The van der Waals surface area contributed by atoms with Crippen molar-refractivity contribution in [1.82, 2.24) is 0 Å². The Labute approximate surface area is 138 Å². The first-order valence-corrected chi connectivity index (χ1v) is 6.43. The third-order valence-electron chi connectivity index (χ3n) is 4.00. The summed E-state index contributed by atoms with van der Waals surface area (Å²) < 4.78 is 0. The van der Waals surface area contributed by atoms with Gasteiger partial charge in [-0.1, -0.05) is 48.2 Å². The van der Waals surface area contributed by atoms with Crippen molar-refractivity contribution < 1.29 is 39.5 Å². The van der Waals surface area contributed by atoms with Crippen LogP contribution < -0.4 is 34.7 Å². The van der Waals surface area contributed by atoms with E-state index in [1.54, 1.807) is 0 Å². The van der Waals surface area contributed by atoms with Crippen LogP contribution in [0.15, 0.2) is 42.5 Å². The van der Waals surface area contributed by atoms with Crippen LogP contribution in [-0.2, 0) is 6.42 Å². The van der Waals surface area contributed by atoms with E-state index in [2.05, 4.69) is 0 Å². The zero-order valence-electron chi connectivity index (χ0n) is 11.3. The van der Waals surface area contributed by atoms with Crippen molar-refractivity contribution in [2.45, 2.75) is 12.8 Å². The summed E-state index contributed by atoms with van der Waals surface area (Å²) in [6.45, 7) is 0. The fourth-order valence-corrected chi connectivity index (χ4v) is 3.12. The van der Waals surface area contributed by atoms with Gasteiger partial charge in [0.2, 0.25) is 0 Å². The molecular formula is C17H11NaO2. The Morgan fingerprint density at radius 1 is 0.950 bits per heavy atom. The van der Waals surface area contributed by atoms with Gasteiger partial charge in [-0.2, -0.15) is 0 Å². The molecule has 3 aromatic rings. The maximum absolute atomic E-state index is 12.3. The predicted molar refractivity (Wildman–Crippen MR) is 73.6 cm³/mol. The second-order valence-corrected chi connectivity index (χ2v) is 5.03. The van der Waals surface area contributed by atoms with Crippen LogP contribution in [0.3, 0.4) is 0 Å². The van der Waals surface area contributed by atoms with Gasteiger partial charge < -0.3 is 5.11 Å². The van der Waals surface area contributed by atoms with Gasteiger partial charge in [0.05, 0.1) is 0 Å². The minimum atomic E-state index is -0.0409. The number of Topliss-reactive ketones (excluding diaryl/α,β-unsaturated/α-hetero) is 1. The topological polar surface area (TPSA) is 40.1 Å². The zero-order valence-corrected chi connectivity index (χ0v) is 13.3. The maximum atomic E-state index is 12.3. The van der Waals surface area contributed by atoms with Gasteiger partial charge in [-0.15, -0.1) is 0 Å². The summed E-state index contributed by atoms with van der Waals surface area (Å²) in [4.78, 5) is 11.8. The average molecular weight is 270 g/mol. The number of carbonyl (C=O) groups excluding carboxylic acids is 1. The Morgan fingerprint density at radius 2 is 1.75 bits per heavy atom. The van der Waals surface area contributed by atoms with Gasteiger partial charge in [0.15, 0.2) is 5.78 Å². The van der Waals surface area contributed by atoms with Crippen LogP contribution in [0, 0.1) is 0 Å². The average Bonchev–Trinajstić information content (AvgIpc) is 2.80. The van der Waals surface area contributed by atoms with E-state index in [1.807, 2.05) is 36.4 Å². The molecule has 92 valence electrons. The number of carbonyl (C=O) groups is 1. The van der Waals surface area contributed by atoms with Crippen LogP contribution >= 0.6 is 0 Å². The molecule has 0 radical (unpaired) electrons. The van der Waals surface area contributed by atoms with Gasteiger partial charge in [-0.05, 0) is 33.5 Å². The van der Waals surface area contributed by atoms with E-state index < -0.39 is 0 Å². The third kappa shape index (κ3) is 1.80. The summed E-state index contributed by atoms with van der Waals surface area (Å²) in [5.41, 5.74) is 1.68. The molecule has 0 aliphatic heterocycles. The minimum absolute atomic E-state index is 0. The smallest absolute Gasteiger partial charge is 0.872 e. The molecule has 3 aromatic carbocycles. The first kappa shape index (κ1) is 13.6. The number of rotatable bonds is 0. The van der Waals surface area contributed by atoms with E-state index >= 15 is 0 Å². The fourth-order valence-electron chi connectivity index (χ4n) is 3.12. The molecule has 0 aromatic heterocycles. The fraction of sp³-hybridized carbons (Fsp3) is 0.118. The van der Waals surface area contributed by atoms with Crippen LogP contribution in [0.2, 0.25) is 0 Å². The molecule has 1 aliphatic carbocycles. The summed E-state index contributed by atoms with van der Waals surface area (Å²) in [7, 11) is 0. The summed E-state index contributed by atoms with van der Waals surface area (Å²) in [6, 6.07) is 13.4. The van der Waals surface area contributed by atoms with Gasteiger partial charge in [-0.25, -0.2) is 0 Å². The summed E-state index contributed by atoms with van der Waals surface area (Å²) >= 11 is 0. The Hall–Kier alpha value is -1.35. The van der Waals surface area contributed by atoms with Crippen LogP contribution in [-0.4, -0.2) is 5.78 Å². The molecule has 20 heavy (non-hydrogen) atoms. The number of benzene rings is 3. The van der Waals surface area contributed by atoms with Crippen LogP contribution in [0.25, 0.3) is 21.5 Å². The predicted octanol–water partition coefficient (Wildman–Crippen LogP) is 0.199.